The molecule has 0 aliphatic carbocycles. The van der Waals surface area contributed by atoms with E-state index in [2.05, 4.69) is 4.72 Å². The van der Waals surface area contributed by atoms with E-state index >= 15 is 0 Å². The molecule has 0 spiro atoms. The second-order valence-electron chi connectivity index (χ2n) is 4.21. The average molecular weight is 307 g/mol. The average Bonchev–Trinajstić information content (AvgIpc) is 2.49. The van der Waals surface area contributed by atoms with Crippen molar-refractivity contribution < 1.29 is 17.9 Å². The second-order valence-corrected chi connectivity index (χ2v) is 5.86. The van der Waals surface area contributed by atoms with E-state index in [9.17, 15) is 8.42 Å². The summed E-state index contributed by atoms with van der Waals surface area (Å²) in [6, 6.07) is 13.2. The van der Waals surface area contributed by atoms with E-state index in [1.807, 2.05) is 6.92 Å². The van der Waals surface area contributed by atoms with Gasteiger partial charge in [-0.3, -0.25) is 4.72 Å². The Morgan fingerprint density at radius 2 is 1.71 bits per heavy atom. The minimum absolute atomic E-state index is 0.0985. The first kappa shape index (κ1) is 15.2. The fourth-order valence-electron chi connectivity index (χ4n) is 1.84. The molecule has 0 radical (unpaired) electrons. The lowest BCUT2D eigenvalue weighted by molar-refractivity contribution is 0.340. The first-order valence-corrected chi connectivity index (χ1v) is 7.94. The highest BCUT2D eigenvalue weighted by molar-refractivity contribution is 7.92. The zero-order valence-corrected chi connectivity index (χ0v) is 12.7. The molecule has 0 saturated heterocycles. The molecule has 0 aliphatic heterocycles. The molecule has 1 N–H and O–H groups in total. The van der Waals surface area contributed by atoms with Crippen molar-refractivity contribution in [1.82, 2.24) is 0 Å². The van der Waals surface area contributed by atoms with Gasteiger partial charge in [-0.2, -0.15) is 0 Å². The Kier molecular flexibility index (Phi) is 4.70. The summed E-state index contributed by atoms with van der Waals surface area (Å²) in [5.41, 5.74) is 0.462. The lowest BCUT2D eigenvalue weighted by atomic mass is 10.3. The molecule has 2 aromatic carbocycles. The van der Waals surface area contributed by atoms with E-state index < -0.39 is 10.0 Å². The van der Waals surface area contributed by atoms with Crippen LogP contribution in [0, 0.1) is 0 Å². The minimum Gasteiger partial charge on any atom is -0.495 e. The van der Waals surface area contributed by atoms with E-state index in [-0.39, 0.29) is 4.90 Å². The highest BCUT2D eigenvalue weighted by Crippen LogP contribution is 2.25. The minimum atomic E-state index is -3.70. The molecule has 0 amide bonds. The van der Waals surface area contributed by atoms with Gasteiger partial charge in [0.25, 0.3) is 10.0 Å². The molecular weight excluding hydrogens is 290 g/mol. The highest BCUT2D eigenvalue weighted by atomic mass is 32.2. The first-order valence-electron chi connectivity index (χ1n) is 6.45. The van der Waals surface area contributed by atoms with Crippen LogP contribution < -0.4 is 14.2 Å². The summed E-state index contributed by atoms with van der Waals surface area (Å²) >= 11 is 0. The van der Waals surface area contributed by atoms with Crippen LogP contribution >= 0.6 is 0 Å². The van der Waals surface area contributed by atoms with Crippen LogP contribution in [0.5, 0.6) is 11.5 Å². The van der Waals surface area contributed by atoms with Gasteiger partial charge in [0, 0.05) is 5.69 Å². The smallest absolute Gasteiger partial charge is 0.265 e. The molecule has 0 fully saturated rings. The quantitative estimate of drug-likeness (QED) is 0.891. The maximum Gasteiger partial charge on any atom is 0.265 e. The van der Waals surface area contributed by atoms with Crippen molar-refractivity contribution in [2.75, 3.05) is 18.4 Å². The first-order chi connectivity index (χ1) is 10.1. The Bertz CT molecular complexity index is 696. The Labute approximate surface area is 124 Å². The number of ether oxygens (including phenoxy) is 2. The molecule has 0 atom stereocenters. The normalized spacial score (nSPS) is 11.0. The molecule has 6 heteroatoms. The Morgan fingerprint density at radius 1 is 1.05 bits per heavy atom. The third-order valence-electron chi connectivity index (χ3n) is 2.78. The summed E-state index contributed by atoms with van der Waals surface area (Å²) in [5.74, 6) is 0.994. The molecule has 112 valence electrons. The van der Waals surface area contributed by atoms with E-state index in [0.29, 0.717) is 23.8 Å². The van der Waals surface area contributed by atoms with E-state index in [0.717, 1.165) is 0 Å². The number of methoxy groups -OCH3 is 1. The van der Waals surface area contributed by atoms with Gasteiger partial charge in [0.15, 0.2) is 0 Å². The third kappa shape index (κ3) is 3.66. The zero-order chi connectivity index (χ0) is 15.3. The van der Waals surface area contributed by atoms with Crippen LogP contribution in [0.25, 0.3) is 0 Å². The van der Waals surface area contributed by atoms with Crippen LogP contribution in [0.2, 0.25) is 0 Å². The molecule has 0 saturated carbocycles. The van der Waals surface area contributed by atoms with Crippen molar-refractivity contribution in [1.29, 1.82) is 0 Å². The van der Waals surface area contributed by atoms with E-state index in [1.165, 1.54) is 13.2 Å². The number of hydrogen-bond donors (Lipinski definition) is 1. The fraction of sp³-hybridized carbons (Fsp3) is 0.200. The van der Waals surface area contributed by atoms with Crippen LogP contribution in [-0.4, -0.2) is 22.1 Å². The molecule has 0 aliphatic rings. The zero-order valence-electron chi connectivity index (χ0n) is 11.9. The molecule has 2 aromatic rings. The van der Waals surface area contributed by atoms with Crippen molar-refractivity contribution in [3.63, 3.8) is 0 Å². The van der Waals surface area contributed by atoms with Gasteiger partial charge in [-0.15, -0.1) is 0 Å². The van der Waals surface area contributed by atoms with E-state index in [1.54, 1.807) is 42.5 Å². The van der Waals surface area contributed by atoms with Crippen molar-refractivity contribution >= 4 is 15.7 Å². The highest BCUT2D eigenvalue weighted by Gasteiger charge is 2.18. The maximum absolute atomic E-state index is 12.4. The lowest BCUT2D eigenvalue weighted by Gasteiger charge is -2.11. The SMILES string of the molecule is CCOc1ccc(NS(=O)(=O)c2ccccc2OC)cc1. The van der Waals surface area contributed by atoms with Crippen molar-refractivity contribution in [3.8, 4) is 11.5 Å². The van der Waals surface area contributed by atoms with Crippen LogP contribution in [0.4, 0.5) is 5.69 Å². The molecule has 0 aromatic heterocycles. The Balaban J connectivity index is 2.24. The lowest BCUT2D eigenvalue weighted by Crippen LogP contribution is -2.13. The maximum atomic E-state index is 12.4. The molecule has 0 bridgehead atoms. The summed E-state index contributed by atoms with van der Waals surface area (Å²) in [6.45, 7) is 2.45. The topological polar surface area (TPSA) is 64.6 Å². The largest absolute Gasteiger partial charge is 0.495 e. The summed E-state index contributed by atoms with van der Waals surface area (Å²) in [6.07, 6.45) is 0. The fourth-order valence-corrected chi connectivity index (χ4v) is 3.07. The number of sulfonamides is 1. The van der Waals surface area contributed by atoms with Gasteiger partial charge < -0.3 is 9.47 Å². The summed E-state index contributed by atoms with van der Waals surface area (Å²) in [7, 11) is -2.26. The molecule has 21 heavy (non-hydrogen) atoms. The standard InChI is InChI=1S/C15H17NO4S/c1-3-20-13-10-8-12(9-11-13)16-21(17,18)15-7-5-4-6-14(15)19-2/h4-11,16H,3H2,1-2H3. The van der Waals surface area contributed by atoms with Gasteiger partial charge in [-0.05, 0) is 43.3 Å². The number of rotatable bonds is 6. The van der Waals surface area contributed by atoms with Crippen molar-refractivity contribution in [2.45, 2.75) is 11.8 Å². The molecule has 5 nitrogen and oxygen atoms in total. The van der Waals surface area contributed by atoms with Gasteiger partial charge in [0.2, 0.25) is 0 Å². The van der Waals surface area contributed by atoms with Gasteiger partial charge in [-0.25, -0.2) is 8.42 Å². The van der Waals surface area contributed by atoms with Gasteiger partial charge in [0.1, 0.15) is 16.4 Å². The predicted octanol–water partition coefficient (Wildman–Crippen LogP) is 2.89. The number of anilines is 1. The van der Waals surface area contributed by atoms with Gasteiger partial charge >= 0.3 is 0 Å². The van der Waals surface area contributed by atoms with Crippen LogP contribution in [0.3, 0.4) is 0 Å². The Morgan fingerprint density at radius 3 is 2.33 bits per heavy atom. The van der Waals surface area contributed by atoms with Crippen LogP contribution in [-0.2, 0) is 10.0 Å². The number of para-hydroxylation sites is 1. The summed E-state index contributed by atoms with van der Waals surface area (Å²) < 4.78 is 37.7. The van der Waals surface area contributed by atoms with Crippen molar-refractivity contribution in [3.05, 3.63) is 48.5 Å². The molecule has 0 unspecified atom stereocenters. The molecular formula is C15H17NO4S. The third-order valence-corrected chi connectivity index (χ3v) is 4.20. The predicted molar refractivity (Wildman–Crippen MR) is 81.4 cm³/mol. The Hall–Kier alpha value is -2.21. The number of benzene rings is 2. The second kappa shape index (κ2) is 6.49. The number of nitrogens with one attached hydrogen (secondary N) is 1. The molecule has 0 heterocycles. The van der Waals surface area contributed by atoms with Crippen LogP contribution in [0.15, 0.2) is 53.4 Å². The summed E-state index contributed by atoms with van der Waals surface area (Å²) in [5, 5.41) is 0. The number of hydrogen-bond acceptors (Lipinski definition) is 4. The molecule has 2 rings (SSSR count). The monoisotopic (exact) mass is 307 g/mol. The van der Waals surface area contributed by atoms with Gasteiger partial charge in [0.05, 0.1) is 13.7 Å². The van der Waals surface area contributed by atoms with E-state index in [4.69, 9.17) is 9.47 Å². The van der Waals surface area contributed by atoms with Crippen LogP contribution in [0.1, 0.15) is 6.92 Å². The van der Waals surface area contributed by atoms with Gasteiger partial charge in [-0.1, -0.05) is 12.1 Å². The summed E-state index contributed by atoms with van der Waals surface area (Å²) in [4.78, 5) is 0.0985. The van der Waals surface area contributed by atoms with Crippen molar-refractivity contribution in [2.24, 2.45) is 0 Å².